The summed E-state index contributed by atoms with van der Waals surface area (Å²) in [7, 11) is 0. The van der Waals surface area contributed by atoms with E-state index >= 15 is 4.39 Å². The molecule has 0 bridgehead atoms. The van der Waals surface area contributed by atoms with E-state index in [0.29, 0.717) is 6.08 Å². The van der Waals surface area contributed by atoms with Crippen molar-refractivity contribution in [2.24, 2.45) is 17.8 Å². The summed E-state index contributed by atoms with van der Waals surface area (Å²) in [6.07, 6.45) is 7.76. The number of allylic oxidation sites excluding steroid dienone is 1. The third-order valence-electron chi connectivity index (χ3n) is 8.32. The molecular weight excluding hydrogens is 474 g/mol. The Bertz CT molecular complexity index is 1030. The van der Waals surface area contributed by atoms with Gasteiger partial charge in [-0.2, -0.15) is 13.2 Å². The van der Waals surface area contributed by atoms with Gasteiger partial charge in [0.25, 0.3) is 0 Å². The van der Waals surface area contributed by atoms with E-state index in [0.717, 1.165) is 61.1 Å². The van der Waals surface area contributed by atoms with Crippen molar-refractivity contribution < 1.29 is 26.3 Å². The van der Waals surface area contributed by atoms with Crippen LogP contribution in [-0.2, 0) is 0 Å². The molecule has 2 aliphatic rings. The lowest BCUT2D eigenvalue weighted by Crippen LogP contribution is -2.25. The maximum atomic E-state index is 15.0. The SMILES string of the molecule is CCCC1CCC(C2CCC(c3ccc(-c4cc(F)c(C=CC(F)(F)F)c(F)c4)c(F)c3)CC2)CC1. The van der Waals surface area contributed by atoms with E-state index in [1.165, 1.54) is 50.7 Å². The van der Waals surface area contributed by atoms with Crippen molar-refractivity contribution >= 4 is 6.08 Å². The minimum absolute atomic E-state index is 0.0282. The van der Waals surface area contributed by atoms with E-state index < -0.39 is 29.2 Å². The molecule has 0 aromatic heterocycles. The molecular formula is C30H34F6. The van der Waals surface area contributed by atoms with E-state index in [9.17, 15) is 22.0 Å². The largest absolute Gasteiger partial charge is 0.409 e. The van der Waals surface area contributed by atoms with Crippen LogP contribution < -0.4 is 0 Å². The van der Waals surface area contributed by atoms with Gasteiger partial charge in [-0.3, -0.25) is 0 Å². The normalized spacial score (nSPS) is 25.4. The average Bonchev–Trinajstić information content (AvgIpc) is 2.83. The second-order valence-corrected chi connectivity index (χ2v) is 10.6. The summed E-state index contributed by atoms with van der Waals surface area (Å²) in [5, 5.41) is 0. The number of hydrogen-bond acceptors (Lipinski definition) is 0. The summed E-state index contributed by atoms with van der Waals surface area (Å²) in [5.74, 6) is -0.183. The lowest BCUT2D eigenvalue weighted by atomic mass is 9.68. The summed E-state index contributed by atoms with van der Waals surface area (Å²) >= 11 is 0. The van der Waals surface area contributed by atoms with E-state index in [2.05, 4.69) is 6.92 Å². The van der Waals surface area contributed by atoms with Crippen LogP contribution in [0.4, 0.5) is 26.3 Å². The topological polar surface area (TPSA) is 0 Å². The van der Waals surface area contributed by atoms with Crippen LogP contribution >= 0.6 is 0 Å². The van der Waals surface area contributed by atoms with Crippen LogP contribution in [0.3, 0.4) is 0 Å². The highest BCUT2D eigenvalue weighted by Crippen LogP contribution is 2.45. The molecule has 2 aliphatic carbocycles. The Balaban J connectivity index is 1.40. The summed E-state index contributed by atoms with van der Waals surface area (Å²) in [6, 6.07) is 6.52. The van der Waals surface area contributed by atoms with Gasteiger partial charge in [0.05, 0.1) is 0 Å². The molecule has 0 N–H and O–H groups in total. The van der Waals surface area contributed by atoms with Crippen LogP contribution in [0.25, 0.3) is 17.2 Å². The Morgan fingerprint density at radius 1 is 0.778 bits per heavy atom. The molecule has 0 saturated heterocycles. The van der Waals surface area contributed by atoms with Gasteiger partial charge in [0.2, 0.25) is 0 Å². The predicted octanol–water partition coefficient (Wildman–Crippen LogP) is 10.2. The van der Waals surface area contributed by atoms with Crippen LogP contribution in [0.2, 0.25) is 0 Å². The first-order valence-corrected chi connectivity index (χ1v) is 13.2. The zero-order valence-corrected chi connectivity index (χ0v) is 20.7. The zero-order valence-electron chi connectivity index (χ0n) is 20.7. The first kappa shape index (κ1) is 26.8. The molecule has 0 nitrogen and oxygen atoms in total. The highest BCUT2D eigenvalue weighted by molar-refractivity contribution is 5.67. The van der Waals surface area contributed by atoms with Crippen LogP contribution in [0.15, 0.2) is 36.4 Å². The number of benzene rings is 2. The van der Waals surface area contributed by atoms with Gasteiger partial charge in [-0.1, -0.05) is 44.7 Å². The fraction of sp³-hybridized carbons (Fsp3) is 0.533. The van der Waals surface area contributed by atoms with Crippen molar-refractivity contribution in [1.29, 1.82) is 0 Å². The minimum Gasteiger partial charge on any atom is -0.206 e. The Hall–Kier alpha value is -2.24. The Morgan fingerprint density at radius 3 is 1.89 bits per heavy atom. The lowest BCUT2D eigenvalue weighted by Gasteiger charge is -2.38. The predicted molar refractivity (Wildman–Crippen MR) is 132 cm³/mol. The summed E-state index contributed by atoms with van der Waals surface area (Å²) in [4.78, 5) is 0. The summed E-state index contributed by atoms with van der Waals surface area (Å²) in [6.45, 7) is 2.26. The van der Waals surface area contributed by atoms with Gasteiger partial charge in [-0.25, -0.2) is 13.2 Å². The van der Waals surface area contributed by atoms with E-state index in [1.54, 1.807) is 0 Å². The average molecular weight is 509 g/mol. The maximum Gasteiger partial charge on any atom is 0.409 e. The fourth-order valence-electron chi connectivity index (χ4n) is 6.38. The van der Waals surface area contributed by atoms with Gasteiger partial charge in [0, 0.05) is 17.2 Å². The van der Waals surface area contributed by atoms with Gasteiger partial charge in [0.1, 0.15) is 17.5 Å². The molecule has 4 rings (SSSR count). The zero-order chi connectivity index (χ0) is 25.9. The van der Waals surface area contributed by atoms with E-state index in [1.807, 2.05) is 6.07 Å². The van der Waals surface area contributed by atoms with Crippen molar-refractivity contribution in [3.8, 4) is 11.1 Å². The standard InChI is InChI=1S/C30H34F6/c1-2-3-19-4-6-20(7-5-19)21-8-10-22(11-9-21)23-12-13-25(27(31)16-23)24-17-28(32)26(29(33)18-24)14-15-30(34,35)36/h12-22H,2-11H2,1H3. The maximum absolute atomic E-state index is 15.0. The van der Waals surface area contributed by atoms with Gasteiger partial charge in [-0.15, -0.1) is 0 Å². The first-order valence-electron chi connectivity index (χ1n) is 13.2. The molecule has 196 valence electrons. The molecule has 2 aromatic rings. The quantitative estimate of drug-likeness (QED) is 0.341. The van der Waals surface area contributed by atoms with Crippen LogP contribution in [0.5, 0.6) is 0 Å². The molecule has 2 saturated carbocycles. The Morgan fingerprint density at radius 2 is 1.36 bits per heavy atom. The third kappa shape index (κ3) is 6.54. The molecule has 2 aromatic carbocycles. The highest BCUT2D eigenvalue weighted by atomic mass is 19.4. The molecule has 2 fully saturated rings. The Kier molecular flexibility index (Phi) is 8.52. The van der Waals surface area contributed by atoms with Gasteiger partial charge in [0.15, 0.2) is 0 Å². The second kappa shape index (κ2) is 11.4. The lowest BCUT2D eigenvalue weighted by molar-refractivity contribution is -0.0790. The van der Waals surface area contributed by atoms with Crippen molar-refractivity contribution in [2.75, 3.05) is 0 Å². The number of rotatable bonds is 6. The van der Waals surface area contributed by atoms with E-state index in [-0.39, 0.29) is 23.1 Å². The van der Waals surface area contributed by atoms with Gasteiger partial charge < -0.3 is 0 Å². The highest BCUT2D eigenvalue weighted by Gasteiger charge is 2.31. The molecule has 0 amide bonds. The summed E-state index contributed by atoms with van der Waals surface area (Å²) in [5.41, 5.74) is 0.0803. The minimum atomic E-state index is -4.69. The first-order chi connectivity index (χ1) is 17.1. The molecule has 0 heterocycles. The molecule has 0 atom stereocenters. The third-order valence-corrected chi connectivity index (χ3v) is 8.32. The molecule has 0 radical (unpaired) electrons. The second-order valence-electron chi connectivity index (χ2n) is 10.6. The van der Waals surface area contributed by atoms with Crippen LogP contribution in [0.1, 0.15) is 88.2 Å². The molecule has 0 unspecified atom stereocenters. The monoisotopic (exact) mass is 508 g/mol. The van der Waals surface area contributed by atoms with Gasteiger partial charge >= 0.3 is 6.18 Å². The van der Waals surface area contributed by atoms with Crippen molar-refractivity contribution in [3.05, 3.63) is 65.0 Å². The number of hydrogen-bond donors (Lipinski definition) is 0. The van der Waals surface area contributed by atoms with Gasteiger partial charge in [-0.05, 0) is 97.6 Å². The van der Waals surface area contributed by atoms with Crippen LogP contribution in [-0.4, -0.2) is 6.18 Å². The van der Waals surface area contributed by atoms with Crippen molar-refractivity contribution in [1.82, 2.24) is 0 Å². The van der Waals surface area contributed by atoms with Crippen LogP contribution in [0, 0.1) is 35.2 Å². The van der Waals surface area contributed by atoms with E-state index in [4.69, 9.17) is 0 Å². The molecule has 6 heteroatoms. The molecule has 36 heavy (non-hydrogen) atoms. The van der Waals surface area contributed by atoms with Crippen molar-refractivity contribution in [3.63, 3.8) is 0 Å². The fourth-order valence-corrected chi connectivity index (χ4v) is 6.38. The summed E-state index contributed by atoms with van der Waals surface area (Å²) < 4.78 is 80.8. The molecule has 0 spiro atoms. The Labute approximate surface area is 209 Å². The molecule has 0 aliphatic heterocycles. The van der Waals surface area contributed by atoms with Crippen molar-refractivity contribution in [2.45, 2.75) is 83.2 Å². The number of alkyl halides is 3. The number of halogens is 6. The smallest absolute Gasteiger partial charge is 0.206 e.